The number of carbonyl (C=O) groups is 1. The number of rotatable bonds is 8. The van der Waals surface area contributed by atoms with Gasteiger partial charge in [0.2, 0.25) is 0 Å². The Balaban J connectivity index is 1.51. The number of nitrogens with one attached hydrogen (secondary N) is 1. The molecule has 2 aromatic carbocycles. The van der Waals surface area contributed by atoms with Crippen molar-refractivity contribution < 1.29 is 14.1 Å². The maximum Gasteiger partial charge on any atom is 0.251 e. The van der Waals surface area contributed by atoms with Crippen molar-refractivity contribution in [2.45, 2.75) is 33.5 Å². The minimum atomic E-state index is -0.111. The summed E-state index contributed by atoms with van der Waals surface area (Å²) in [5.74, 6) is 1.34. The summed E-state index contributed by atoms with van der Waals surface area (Å²) in [6.45, 7) is 5.53. The van der Waals surface area contributed by atoms with Gasteiger partial charge in [0.1, 0.15) is 18.1 Å². The smallest absolute Gasteiger partial charge is 0.251 e. The molecule has 0 atom stereocenters. The lowest BCUT2D eigenvalue weighted by atomic mass is 10.1. The fourth-order valence-electron chi connectivity index (χ4n) is 2.98. The topological polar surface area (TPSA) is 67.6 Å². The van der Waals surface area contributed by atoms with Gasteiger partial charge >= 0.3 is 0 Å². The van der Waals surface area contributed by atoms with Crippen molar-refractivity contribution in [2.24, 2.45) is 0 Å². The second kappa shape index (κ2) is 9.39. The van der Waals surface area contributed by atoms with Gasteiger partial charge in [0, 0.05) is 18.7 Å². The number of carbonyl (C=O) groups excluding carboxylic acids is 1. The zero-order valence-corrected chi connectivity index (χ0v) is 17.4. The molecule has 1 N–H and O–H groups in total. The van der Waals surface area contributed by atoms with E-state index in [0.717, 1.165) is 29.1 Å². The highest BCUT2D eigenvalue weighted by molar-refractivity contribution is 5.94. The van der Waals surface area contributed by atoms with Gasteiger partial charge in [-0.1, -0.05) is 29.4 Å². The molecule has 0 radical (unpaired) electrons. The summed E-state index contributed by atoms with van der Waals surface area (Å²) in [7, 11) is 4.09. The molecular formula is C23H27N3O3. The number of ether oxygens (including phenoxy) is 1. The SMILES string of the molecule is Cc1noc(C)c1COc1ccc(C(=O)NCc2ccc(CN(C)C)cc2)cc1. The zero-order valence-electron chi connectivity index (χ0n) is 17.4. The Labute approximate surface area is 171 Å². The molecule has 0 saturated carbocycles. The van der Waals surface area contributed by atoms with E-state index in [9.17, 15) is 4.79 Å². The van der Waals surface area contributed by atoms with Gasteiger partial charge in [-0.15, -0.1) is 0 Å². The number of amides is 1. The summed E-state index contributed by atoms with van der Waals surface area (Å²) in [4.78, 5) is 14.5. The Bertz CT molecular complexity index is 925. The molecule has 0 aliphatic carbocycles. The lowest BCUT2D eigenvalue weighted by Crippen LogP contribution is -2.22. The van der Waals surface area contributed by atoms with Gasteiger partial charge in [-0.2, -0.15) is 0 Å². The van der Waals surface area contributed by atoms with E-state index in [0.29, 0.717) is 24.5 Å². The van der Waals surface area contributed by atoms with Gasteiger partial charge in [-0.25, -0.2) is 0 Å². The molecule has 29 heavy (non-hydrogen) atoms. The Hall–Kier alpha value is -3.12. The predicted molar refractivity (Wildman–Crippen MR) is 112 cm³/mol. The van der Waals surface area contributed by atoms with Crippen LogP contribution in [0.4, 0.5) is 0 Å². The van der Waals surface area contributed by atoms with E-state index in [4.69, 9.17) is 9.26 Å². The van der Waals surface area contributed by atoms with Crippen molar-refractivity contribution in [3.05, 3.63) is 82.2 Å². The van der Waals surface area contributed by atoms with Crippen LogP contribution in [0.3, 0.4) is 0 Å². The first kappa shape index (κ1) is 20.6. The molecule has 1 heterocycles. The fraction of sp³-hybridized carbons (Fsp3) is 0.304. The highest BCUT2D eigenvalue weighted by Crippen LogP contribution is 2.18. The monoisotopic (exact) mass is 393 g/mol. The number of hydrogen-bond donors (Lipinski definition) is 1. The highest BCUT2D eigenvalue weighted by Gasteiger charge is 2.10. The van der Waals surface area contributed by atoms with Gasteiger partial charge < -0.3 is 19.5 Å². The van der Waals surface area contributed by atoms with E-state index in [1.54, 1.807) is 24.3 Å². The summed E-state index contributed by atoms with van der Waals surface area (Å²) in [5, 5.41) is 6.87. The van der Waals surface area contributed by atoms with Crippen LogP contribution >= 0.6 is 0 Å². The van der Waals surface area contributed by atoms with Gasteiger partial charge in [0.25, 0.3) is 5.91 Å². The van der Waals surface area contributed by atoms with Crippen molar-refractivity contribution in [1.82, 2.24) is 15.4 Å². The number of aromatic nitrogens is 1. The Morgan fingerprint density at radius 1 is 1.03 bits per heavy atom. The van der Waals surface area contributed by atoms with Crippen LogP contribution in [0.25, 0.3) is 0 Å². The van der Waals surface area contributed by atoms with Gasteiger partial charge in [-0.3, -0.25) is 4.79 Å². The molecule has 0 aliphatic rings. The van der Waals surface area contributed by atoms with Crippen LogP contribution < -0.4 is 10.1 Å². The third-order valence-corrected chi connectivity index (χ3v) is 4.66. The van der Waals surface area contributed by atoms with E-state index >= 15 is 0 Å². The molecule has 152 valence electrons. The molecule has 0 fully saturated rings. The van der Waals surface area contributed by atoms with Crippen molar-refractivity contribution in [2.75, 3.05) is 14.1 Å². The van der Waals surface area contributed by atoms with E-state index in [1.807, 2.05) is 40.1 Å². The van der Waals surface area contributed by atoms with E-state index in [-0.39, 0.29) is 5.91 Å². The minimum absolute atomic E-state index is 0.111. The number of aryl methyl sites for hydroxylation is 2. The average molecular weight is 393 g/mol. The molecule has 6 nitrogen and oxygen atoms in total. The summed E-state index contributed by atoms with van der Waals surface area (Å²) in [5.41, 5.74) is 4.69. The van der Waals surface area contributed by atoms with Crippen molar-refractivity contribution >= 4 is 5.91 Å². The Morgan fingerprint density at radius 3 is 2.28 bits per heavy atom. The van der Waals surface area contributed by atoms with Crippen LogP contribution in [-0.4, -0.2) is 30.1 Å². The molecule has 0 bridgehead atoms. The van der Waals surface area contributed by atoms with Gasteiger partial charge in [0.15, 0.2) is 0 Å². The maximum absolute atomic E-state index is 12.4. The second-order valence-corrected chi connectivity index (χ2v) is 7.35. The lowest BCUT2D eigenvalue weighted by Gasteiger charge is -2.11. The second-order valence-electron chi connectivity index (χ2n) is 7.35. The molecule has 0 aliphatic heterocycles. The third-order valence-electron chi connectivity index (χ3n) is 4.66. The maximum atomic E-state index is 12.4. The average Bonchev–Trinajstić information content (AvgIpc) is 3.03. The molecular weight excluding hydrogens is 366 g/mol. The van der Waals surface area contributed by atoms with Crippen LogP contribution in [-0.2, 0) is 19.7 Å². The number of nitrogens with zero attached hydrogens (tertiary/aromatic N) is 2. The summed E-state index contributed by atoms with van der Waals surface area (Å²) >= 11 is 0. The first-order valence-corrected chi connectivity index (χ1v) is 9.57. The first-order chi connectivity index (χ1) is 13.9. The quantitative estimate of drug-likeness (QED) is 0.629. The van der Waals surface area contributed by atoms with E-state index < -0.39 is 0 Å². The van der Waals surface area contributed by atoms with Crippen molar-refractivity contribution in [3.8, 4) is 5.75 Å². The minimum Gasteiger partial charge on any atom is -0.489 e. The van der Waals surface area contributed by atoms with Gasteiger partial charge in [-0.05, 0) is 63.3 Å². The van der Waals surface area contributed by atoms with E-state index in [1.165, 1.54) is 5.56 Å². The van der Waals surface area contributed by atoms with Crippen LogP contribution in [0.2, 0.25) is 0 Å². The van der Waals surface area contributed by atoms with Crippen LogP contribution in [0.15, 0.2) is 53.1 Å². The molecule has 0 saturated heterocycles. The molecule has 0 unspecified atom stereocenters. The number of hydrogen-bond acceptors (Lipinski definition) is 5. The van der Waals surface area contributed by atoms with Crippen molar-refractivity contribution in [1.29, 1.82) is 0 Å². The zero-order chi connectivity index (χ0) is 20.8. The summed E-state index contributed by atoms with van der Waals surface area (Å²) in [6, 6.07) is 15.4. The van der Waals surface area contributed by atoms with Crippen molar-refractivity contribution in [3.63, 3.8) is 0 Å². The van der Waals surface area contributed by atoms with Gasteiger partial charge in [0.05, 0.1) is 11.3 Å². The first-order valence-electron chi connectivity index (χ1n) is 9.57. The fourth-order valence-corrected chi connectivity index (χ4v) is 2.98. The normalized spacial score (nSPS) is 10.9. The highest BCUT2D eigenvalue weighted by atomic mass is 16.5. The molecule has 6 heteroatoms. The molecule has 0 spiro atoms. The third kappa shape index (κ3) is 5.68. The largest absolute Gasteiger partial charge is 0.489 e. The Morgan fingerprint density at radius 2 is 1.69 bits per heavy atom. The summed E-state index contributed by atoms with van der Waals surface area (Å²) in [6.07, 6.45) is 0. The molecule has 1 amide bonds. The van der Waals surface area contributed by atoms with Crippen LogP contribution in [0.5, 0.6) is 5.75 Å². The van der Waals surface area contributed by atoms with E-state index in [2.05, 4.69) is 27.5 Å². The lowest BCUT2D eigenvalue weighted by molar-refractivity contribution is 0.0951. The number of benzene rings is 2. The molecule has 1 aromatic heterocycles. The van der Waals surface area contributed by atoms with Crippen LogP contribution in [0.1, 0.15) is 38.5 Å². The van der Waals surface area contributed by atoms with Crippen LogP contribution in [0, 0.1) is 13.8 Å². The Kier molecular flexibility index (Phi) is 6.67. The predicted octanol–water partition coefficient (Wildman–Crippen LogP) is 3.86. The standard InChI is InChI=1S/C23H27N3O3/c1-16-22(17(2)29-25-16)15-28-21-11-9-20(10-12-21)23(27)24-13-18-5-7-19(8-6-18)14-26(3)4/h5-12H,13-15H2,1-4H3,(H,24,27). The summed E-state index contributed by atoms with van der Waals surface area (Å²) < 4.78 is 10.9. The molecule has 3 aromatic rings. The molecule has 3 rings (SSSR count).